The quantitative estimate of drug-likeness (QED) is 0.679. The van der Waals surface area contributed by atoms with Gasteiger partial charge >= 0.3 is 5.97 Å². The molecule has 3 unspecified atom stereocenters. The van der Waals surface area contributed by atoms with Crippen LogP contribution in [0.3, 0.4) is 0 Å². The molecule has 82 valence electrons. The van der Waals surface area contributed by atoms with Crippen molar-refractivity contribution in [2.75, 3.05) is 0 Å². The van der Waals surface area contributed by atoms with Crippen LogP contribution in [0.4, 0.5) is 0 Å². The minimum absolute atomic E-state index is 0.266. The van der Waals surface area contributed by atoms with Gasteiger partial charge in [0.2, 0.25) is 0 Å². The molecular formula is C11H21NO2. The van der Waals surface area contributed by atoms with Crippen molar-refractivity contribution in [1.29, 1.82) is 0 Å². The fourth-order valence-electron chi connectivity index (χ4n) is 2.51. The molecule has 3 nitrogen and oxygen atoms in total. The topological polar surface area (TPSA) is 49.3 Å². The highest BCUT2D eigenvalue weighted by atomic mass is 16.4. The van der Waals surface area contributed by atoms with E-state index in [0.29, 0.717) is 12.0 Å². The Morgan fingerprint density at radius 1 is 1.29 bits per heavy atom. The van der Waals surface area contributed by atoms with Gasteiger partial charge in [0.05, 0.1) is 0 Å². The van der Waals surface area contributed by atoms with Crippen molar-refractivity contribution >= 4 is 5.97 Å². The molecule has 2 aliphatic rings. The van der Waals surface area contributed by atoms with E-state index in [4.69, 9.17) is 5.11 Å². The fraction of sp³-hybridized carbons (Fsp3) is 0.909. The average molecular weight is 199 g/mol. The number of carbonyl (C=O) groups is 1. The Labute approximate surface area is 85.9 Å². The van der Waals surface area contributed by atoms with Crippen molar-refractivity contribution in [1.82, 2.24) is 5.32 Å². The Hall–Kier alpha value is -0.570. The van der Waals surface area contributed by atoms with Crippen LogP contribution in [0.15, 0.2) is 0 Å². The lowest BCUT2D eigenvalue weighted by Crippen LogP contribution is -2.36. The second kappa shape index (κ2) is 5.35. The number of nitrogens with one attached hydrogen (secondary N) is 1. The molecule has 1 aliphatic carbocycles. The van der Waals surface area contributed by atoms with Crippen LogP contribution in [0.1, 0.15) is 46.0 Å². The van der Waals surface area contributed by atoms with E-state index in [1.807, 2.05) is 13.8 Å². The molecule has 0 radical (unpaired) electrons. The first-order valence-electron chi connectivity index (χ1n) is 5.76. The number of rotatable bonds is 1. The highest BCUT2D eigenvalue weighted by Crippen LogP contribution is 2.32. The Kier molecular flexibility index (Phi) is 4.39. The molecule has 2 fully saturated rings. The van der Waals surface area contributed by atoms with Gasteiger partial charge in [-0.05, 0) is 25.2 Å². The summed E-state index contributed by atoms with van der Waals surface area (Å²) in [5.41, 5.74) is 0. The summed E-state index contributed by atoms with van der Waals surface area (Å²) in [4.78, 5) is 10.7. The van der Waals surface area contributed by atoms with E-state index < -0.39 is 5.97 Å². The van der Waals surface area contributed by atoms with Gasteiger partial charge in [-0.1, -0.05) is 26.7 Å². The molecule has 0 bridgehead atoms. The van der Waals surface area contributed by atoms with Gasteiger partial charge in [-0.25, -0.2) is 0 Å². The standard InChI is InChI=1S/C9H15NO2.C2H6/c11-9(12)8-5-6-3-1-2-4-7(6)10-8;1-2/h6-8,10H,1-5H2,(H,11,12);1-2H3. The molecule has 0 aromatic rings. The fourth-order valence-corrected chi connectivity index (χ4v) is 2.51. The van der Waals surface area contributed by atoms with Gasteiger partial charge in [0.15, 0.2) is 0 Å². The van der Waals surface area contributed by atoms with Gasteiger partial charge in [-0.2, -0.15) is 0 Å². The molecule has 2 rings (SSSR count). The summed E-state index contributed by atoms with van der Waals surface area (Å²) in [5.74, 6) is -0.0377. The maximum absolute atomic E-state index is 10.7. The number of hydrogen-bond donors (Lipinski definition) is 2. The zero-order valence-electron chi connectivity index (χ0n) is 9.12. The monoisotopic (exact) mass is 199 g/mol. The van der Waals surface area contributed by atoms with Crippen molar-refractivity contribution in [2.45, 2.75) is 58.0 Å². The zero-order valence-corrected chi connectivity index (χ0v) is 9.12. The minimum atomic E-state index is -0.676. The summed E-state index contributed by atoms with van der Waals surface area (Å²) in [7, 11) is 0. The molecule has 3 atom stereocenters. The summed E-state index contributed by atoms with van der Waals surface area (Å²) in [5, 5.41) is 12.0. The summed E-state index contributed by atoms with van der Waals surface area (Å²) in [6, 6.07) is 0.234. The third-order valence-corrected chi connectivity index (χ3v) is 3.16. The van der Waals surface area contributed by atoms with E-state index in [-0.39, 0.29) is 6.04 Å². The second-order valence-corrected chi connectivity index (χ2v) is 3.94. The molecule has 3 heteroatoms. The van der Waals surface area contributed by atoms with Crippen LogP contribution in [-0.4, -0.2) is 23.2 Å². The summed E-state index contributed by atoms with van der Waals surface area (Å²) in [6.07, 6.45) is 5.80. The molecule has 2 N–H and O–H groups in total. The first kappa shape index (κ1) is 11.5. The predicted molar refractivity (Wildman–Crippen MR) is 56.3 cm³/mol. The molecule has 1 saturated carbocycles. The van der Waals surface area contributed by atoms with Crippen LogP contribution in [0.2, 0.25) is 0 Å². The summed E-state index contributed by atoms with van der Waals surface area (Å²) >= 11 is 0. The van der Waals surface area contributed by atoms with E-state index in [9.17, 15) is 4.79 Å². The molecule has 14 heavy (non-hydrogen) atoms. The van der Waals surface area contributed by atoms with Crippen molar-refractivity contribution < 1.29 is 9.90 Å². The van der Waals surface area contributed by atoms with Gasteiger partial charge < -0.3 is 10.4 Å². The van der Waals surface area contributed by atoms with Crippen molar-refractivity contribution in [3.8, 4) is 0 Å². The maximum atomic E-state index is 10.7. The molecule has 0 aromatic heterocycles. The Morgan fingerprint density at radius 3 is 2.50 bits per heavy atom. The number of aliphatic carboxylic acids is 1. The third kappa shape index (κ3) is 2.47. The van der Waals surface area contributed by atoms with Crippen molar-refractivity contribution in [2.24, 2.45) is 5.92 Å². The molecular weight excluding hydrogens is 178 g/mol. The van der Waals surface area contributed by atoms with Crippen molar-refractivity contribution in [3.63, 3.8) is 0 Å². The Morgan fingerprint density at radius 2 is 1.93 bits per heavy atom. The van der Waals surface area contributed by atoms with Crippen LogP contribution in [0.25, 0.3) is 0 Å². The lowest BCUT2D eigenvalue weighted by Gasteiger charge is -2.24. The van der Waals surface area contributed by atoms with E-state index in [2.05, 4.69) is 5.32 Å². The van der Waals surface area contributed by atoms with Crippen LogP contribution in [0, 0.1) is 5.92 Å². The van der Waals surface area contributed by atoms with Gasteiger partial charge in [0.1, 0.15) is 6.04 Å². The van der Waals surface area contributed by atoms with Gasteiger partial charge in [0, 0.05) is 6.04 Å². The molecule has 1 saturated heterocycles. The van der Waals surface area contributed by atoms with Crippen LogP contribution in [0.5, 0.6) is 0 Å². The Bertz CT molecular complexity index is 180. The minimum Gasteiger partial charge on any atom is -0.480 e. The van der Waals surface area contributed by atoms with Crippen LogP contribution >= 0.6 is 0 Å². The molecule has 0 aromatic carbocycles. The third-order valence-electron chi connectivity index (χ3n) is 3.16. The molecule has 0 amide bonds. The lowest BCUT2D eigenvalue weighted by atomic mass is 9.85. The molecule has 1 aliphatic heterocycles. The predicted octanol–water partition coefficient (Wildman–Crippen LogP) is 2.02. The van der Waals surface area contributed by atoms with E-state index in [1.54, 1.807) is 0 Å². The number of hydrogen-bond acceptors (Lipinski definition) is 2. The van der Waals surface area contributed by atoms with Gasteiger partial charge in [-0.3, -0.25) is 4.79 Å². The first-order chi connectivity index (χ1) is 6.77. The lowest BCUT2D eigenvalue weighted by molar-refractivity contribution is -0.139. The van der Waals surface area contributed by atoms with E-state index in [1.165, 1.54) is 25.7 Å². The highest BCUT2D eigenvalue weighted by Gasteiger charge is 2.37. The normalized spacial score (nSPS) is 35.4. The maximum Gasteiger partial charge on any atom is 0.320 e. The summed E-state index contributed by atoms with van der Waals surface area (Å²) in [6.45, 7) is 4.00. The van der Waals surface area contributed by atoms with Gasteiger partial charge in [-0.15, -0.1) is 0 Å². The van der Waals surface area contributed by atoms with Crippen molar-refractivity contribution in [3.05, 3.63) is 0 Å². The molecule has 0 spiro atoms. The van der Waals surface area contributed by atoms with Crippen LogP contribution in [-0.2, 0) is 4.79 Å². The zero-order chi connectivity index (χ0) is 10.6. The average Bonchev–Trinajstić information content (AvgIpc) is 2.64. The smallest absolute Gasteiger partial charge is 0.320 e. The first-order valence-corrected chi connectivity index (χ1v) is 5.76. The highest BCUT2D eigenvalue weighted by molar-refractivity contribution is 5.74. The summed E-state index contributed by atoms with van der Waals surface area (Å²) < 4.78 is 0. The van der Waals surface area contributed by atoms with Crippen LogP contribution < -0.4 is 5.32 Å². The number of carboxylic acid groups (broad SMARTS) is 1. The largest absolute Gasteiger partial charge is 0.480 e. The second-order valence-electron chi connectivity index (χ2n) is 3.94. The van der Waals surface area contributed by atoms with E-state index in [0.717, 1.165) is 6.42 Å². The molecule has 1 heterocycles. The number of fused-ring (bicyclic) bond motifs is 1. The Balaban J connectivity index is 0.000000461. The SMILES string of the molecule is CC.O=C(O)C1CC2CCCCC2N1. The number of carboxylic acids is 1. The van der Waals surface area contributed by atoms with Gasteiger partial charge in [0.25, 0.3) is 0 Å². The van der Waals surface area contributed by atoms with E-state index >= 15 is 0 Å².